The number of rotatable bonds is 4. The highest BCUT2D eigenvalue weighted by molar-refractivity contribution is 7.10. The van der Waals surface area contributed by atoms with Crippen LogP contribution in [-0.2, 0) is 4.74 Å². The first kappa shape index (κ1) is 12.3. The predicted octanol–water partition coefficient (Wildman–Crippen LogP) is 3.78. The highest BCUT2D eigenvalue weighted by Crippen LogP contribution is 2.44. The minimum absolute atomic E-state index is 0.150. The lowest BCUT2D eigenvalue weighted by molar-refractivity contribution is 0.0844. The van der Waals surface area contributed by atoms with E-state index >= 15 is 0 Å². The van der Waals surface area contributed by atoms with Gasteiger partial charge in [0.1, 0.15) is 11.1 Å². The van der Waals surface area contributed by atoms with E-state index in [0.29, 0.717) is 11.5 Å². The topological polar surface area (TPSA) is 45.9 Å². The molecule has 0 saturated heterocycles. The number of thiazole rings is 1. The van der Waals surface area contributed by atoms with Crippen LogP contribution in [-0.4, -0.2) is 12.1 Å². The van der Waals surface area contributed by atoms with Crippen molar-refractivity contribution < 1.29 is 4.74 Å². The van der Waals surface area contributed by atoms with Crippen LogP contribution in [0.1, 0.15) is 29.5 Å². The third-order valence-electron chi connectivity index (χ3n) is 3.38. The summed E-state index contributed by atoms with van der Waals surface area (Å²) in [5, 5.41) is 11.9. The Labute approximate surface area is 116 Å². The van der Waals surface area contributed by atoms with Crippen LogP contribution in [0, 0.1) is 17.2 Å². The minimum Gasteiger partial charge on any atom is -0.374 e. The van der Waals surface area contributed by atoms with Gasteiger partial charge in [0.15, 0.2) is 0 Å². The van der Waals surface area contributed by atoms with Gasteiger partial charge in [0.2, 0.25) is 0 Å². The molecule has 0 aliphatic heterocycles. The normalized spacial score (nSPS) is 16.0. The molecule has 1 aliphatic rings. The summed E-state index contributed by atoms with van der Waals surface area (Å²) in [5.41, 5.74) is 2.69. The predicted molar refractivity (Wildman–Crippen MR) is 74.7 cm³/mol. The SMILES string of the molecule is COC(c1nc(-c2ccc(C#N)cc2)cs1)C1CC1. The maximum atomic E-state index is 8.80. The zero-order valence-corrected chi connectivity index (χ0v) is 11.5. The number of aromatic nitrogens is 1. The van der Waals surface area contributed by atoms with Crippen molar-refractivity contribution >= 4 is 11.3 Å². The second-order valence-electron chi connectivity index (χ2n) is 4.75. The van der Waals surface area contributed by atoms with Crippen molar-refractivity contribution in [3.63, 3.8) is 0 Å². The largest absolute Gasteiger partial charge is 0.374 e. The number of nitriles is 1. The lowest BCUT2D eigenvalue weighted by Crippen LogP contribution is -2.02. The van der Waals surface area contributed by atoms with Gasteiger partial charge < -0.3 is 4.74 Å². The number of hydrogen-bond donors (Lipinski definition) is 0. The van der Waals surface area contributed by atoms with Crippen LogP contribution in [0.5, 0.6) is 0 Å². The van der Waals surface area contributed by atoms with E-state index < -0.39 is 0 Å². The number of ether oxygens (including phenoxy) is 1. The molecule has 4 heteroatoms. The molecule has 3 rings (SSSR count). The van der Waals surface area contributed by atoms with Crippen molar-refractivity contribution in [1.29, 1.82) is 5.26 Å². The van der Waals surface area contributed by atoms with Gasteiger partial charge in [0, 0.05) is 18.1 Å². The highest BCUT2D eigenvalue weighted by Gasteiger charge is 2.34. The Hall–Kier alpha value is -1.70. The van der Waals surface area contributed by atoms with Crippen molar-refractivity contribution in [2.45, 2.75) is 18.9 Å². The average Bonchev–Trinajstić information content (AvgIpc) is 3.17. The molecule has 0 amide bonds. The number of hydrogen-bond acceptors (Lipinski definition) is 4. The molecular weight excluding hydrogens is 256 g/mol. The van der Waals surface area contributed by atoms with E-state index in [1.54, 1.807) is 18.4 Å². The van der Waals surface area contributed by atoms with Gasteiger partial charge in [-0.15, -0.1) is 11.3 Å². The van der Waals surface area contributed by atoms with Gasteiger partial charge in [-0.1, -0.05) is 12.1 Å². The molecule has 0 radical (unpaired) electrons. The first-order chi connectivity index (χ1) is 9.31. The highest BCUT2D eigenvalue weighted by atomic mass is 32.1. The van der Waals surface area contributed by atoms with E-state index in [4.69, 9.17) is 10.00 Å². The molecule has 3 nitrogen and oxygen atoms in total. The van der Waals surface area contributed by atoms with Crippen LogP contribution < -0.4 is 0 Å². The molecule has 1 unspecified atom stereocenters. The molecule has 1 aromatic heterocycles. The summed E-state index contributed by atoms with van der Waals surface area (Å²) in [7, 11) is 1.76. The standard InChI is InChI=1S/C15H14N2OS/c1-18-14(12-6-7-12)15-17-13(9-19-15)11-4-2-10(8-16)3-5-11/h2-5,9,12,14H,6-7H2,1H3. The summed E-state index contributed by atoms with van der Waals surface area (Å²) in [6.07, 6.45) is 2.63. The van der Waals surface area contributed by atoms with Gasteiger partial charge >= 0.3 is 0 Å². The Morgan fingerprint density at radius 1 is 1.37 bits per heavy atom. The Morgan fingerprint density at radius 3 is 2.68 bits per heavy atom. The van der Waals surface area contributed by atoms with Crippen molar-refractivity contribution in [2.75, 3.05) is 7.11 Å². The van der Waals surface area contributed by atoms with Crippen LogP contribution >= 0.6 is 11.3 Å². The van der Waals surface area contributed by atoms with E-state index in [9.17, 15) is 0 Å². The van der Waals surface area contributed by atoms with Gasteiger partial charge in [-0.3, -0.25) is 0 Å². The molecule has 96 valence electrons. The fraction of sp³-hybridized carbons (Fsp3) is 0.333. The molecule has 1 heterocycles. The summed E-state index contributed by atoms with van der Waals surface area (Å²) in [5.74, 6) is 0.643. The Bertz CT molecular complexity index is 608. The number of benzene rings is 1. The smallest absolute Gasteiger partial charge is 0.122 e. The average molecular weight is 270 g/mol. The van der Waals surface area contributed by atoms with E-state index in [1.165, 1.54) is 12.8 Å². The summed E-state index contributed by atoms with van der Waals surface area (Å²) in [6, 6.07) is 9.65. The van der Waals surface area contributed by atoms with E-state index in [2.05, 4.69) is 16.4 Å². The minimum atomic E-state index is 0.150. The monoisotopic (exact) mass is 270 g/mol. The van der Waals surface area contributed by atoms with E-state index in [1.807, 2.05) is 24.3 Å². The van der Waals surface area contributed by atoms with E-state index in [0.717, 1.165) is 16.3 Å². The lowest BCUT2D eigenvalue weighted by atomic mass is 10.1. The van der Waals surface area contributed by atoms with Gasteiger partial charge in [0.05, 0.1) is 17.3 Å². The molecule has 0 bridgehead atoms. The van der Waals surface area contributed by atoms with Crippen molar-refractivity contribution in [2.24, 2.45) is 5.92 Å². The first-order valence-electron chi connectivity index (χ1n) is 6.30. The molecule has 1 aliphatic carbocycles. The second kappa shape index (κ2) is 5.12. The van der Waals surface area contributed by atoms with E-state index in [-0.39, 0.29) is 6.10 Å². The fourth-order valence-electron chi connectivity index (χ4n) is 2.16. The lowest BCUT2D eigenvalue weighted by Gasteiger charge is -2.10. The van der Waals surface area contributed by atoms with Gasteiger partial charge in [-0.25, -0.2) is 4.98 Å². The Morgan fingerprint density at radius 2 is 2.11 bits per heavy atom. The number of nitrogens with zero attached hydrogens (tertiary/aromatic N) is 2. The van der Waals surface area contributed by atoms with Crippen LogP contribution in [0.25, 0.3) is 11.3 Å². The quantitative estimate of drug-likeness (QED) is 0.849. The summed E-state index contributed by atoms with van der Waals surface area (Å²) < 4.78 is 5.55. The Kier molecular flexibility index (Phi) is 3.33. The molecule has 1 atom stereocenters. The van der Waals surface area contributed by atoms with Crippen molar-refractivity contribution in [3.8, 4) is 17.3 Å². The molecule has 1 aromatic carbocycles. The maximum Gasteiger partial charge on any atom is 0.122 e. The summed E-state index contributed by atoms with van der Waals surface area (Å²) in [6.45, 7) is 0. The zero-order chi connectivity index (χ0) is 13.2. The maximum absolute atomic E-state index is 8.80. The first-order valence-corrected chi connectivity index (χ1v) is 7.18. The fourth-order valence-corrected chi connectivity index (χ4v) is 3.16. The molecule has 1 saturated carbocycles. The van der Waals surface area contributed by atoms with Gasteiger partial charge in [-0.05, 0) is 30.9 Å². The van der Waals surface area contributed by atoms with Crippen molar-refractivity contribution in [3.05, 3.63) is 40.2 Å². The second-order valence-corrected chi connectivity index (χ2v) is 5.64. The zero-order valence-electron chi connectivity index (χ0n) is 10.7. The van der Waals surface area contributed by atoms with Crippen LogP contribution in [0.2, 0.25) is 0 Å². The third-order valence-corrected chi connectivity index (χ3v) is 4.29. The van der Waals surface area contributed by atoms with Crippen molar-refractivity contribution in [1.82, 2.24) is 4.98 Å². The van der Waals surface area contributed by atoms with Crippen LogP contribution in [0.15, 0.2) is 29.6 Å². The number of methoxy groups -OCH3 is 1. The molecule has 1 fully saturated rings. The van der Waals surface area contributed by atoms with Crippen LogP contribution in [0.3, 0.4) is 0 Å². The van der Waals surface area contributed by atoms with Gasteiger partial charge in [-0.2, -0.15) is 5.26 Å². The Balaban J connectivity index is 1.85. The molecule has 19 heavy (non-hydrogen) atoms. The third kappa shape index (κ3) is 2.53. The summed E-state index contributed by atoms with van der Waals surface area (Å²) in [4.78, 5) is 4.68. The molecule has 0 spiro atoms. The van der Waals surface area contributed by atoms with Gasteiger partial charge in [0.25, 0.3) is 0 Å². The summed E-state index contributed by atoms with van der Waals surface area (Å²) >= 11 is 1.65. The van der Waals surface area contributed by atoms with Crippen LogP contribution in [0.4, 0.5) is 0 Å². The molecular formula is C15H14N2OS. The molecule has 2 aromatic rings. The molecule has 0 N–H and O–H groups in total.